The number of carbonyl (C=O) groups is 1. The van der Waals surface area contributed by atoms with Crippen LogP contribution in [0.3, 0.4) is 0 Å². The van der Waals surface area contributed by atoms with Crippen LogP contribution < -0.4 is 10.1 Å². The van der Waals surface area contributed by atoms with E-state index in [0.717, 1.165) is 29.6 Å². The Kier molecular flexibility index (Phi) is 5.38. The predicted molar refractivity (Wildman–Crippen MR) is 107 cm³/mol. The van der Waals surface area contributed by atoms with Crippen LogP contribution >= 0.6 is 11.8 Å². The molecule has 1 saturated carbocycles. The Bertz CT molecular complexity index is 950. The normalized spacial score (nSPS) is 14.6. The molecule has 1 atom stereocenters. The topological polar surface area (TPSA) is 82.2 Å². The first-order valence-corrected chi connectivity index (χ1v) is 10.1. The zero-order chi connectivity index (χ0) is 19.5. The van der Waals surface area contributed by atoms with Gasteiger partial charge in [0.1, 0.15) is 17.3 Å². The van der Waals surface area contributed by atoms with E-state index in [4.69, 9.17) is 9.15 Å². The zero-order valence-corrected chi connectivity index (χ0v) is 16.6. The Balaban J connectivity index is 1.49. The van der Waals surface area contributed by atoms with Gasteiger partial charge in [0, 0.05) is 5.92 Å². The summed E-state index contributed by atoms with van der Waals surface area (Å²) in [6, 6.07) is 11.2. The summed E-state index contributed by atoms with van der Waals surface area (Å²) >= 11 is 1.39. The number of thioether (sulfide) groups is 1. The maximum absolute atomic E-state index is 12.7. The molecular weight excluding hydrogens is 376 g/mol. The summed E-state index contributed by atoms with van der Waals surface area (Å²) in [5.74, 6) is 2.78. The van der Waals surface area contributed by atoms with E-state index in [1.807, 2.05) is 43.3 Å². The maximum Gasteiger partial charge on any atom is 0.237 e. The van der Waals surface area contributed by atoms with Crippen molar-refractivity contribution in [1.29, 1.82) is 0 Å². The van der Waals surface area contributed by atoms with Crippen molar-refractivity contribution in [1.82, 2.24) is 14.8 Å². The maximum atomic E-state index is 12.7. The Hall–Kier alpha value is -2.74. The van der Waals surface area contributed by atoms with Gasteiger partial charge in [0.05, 0.1) is 30.9 Å². The summed E-state index contributed by atoms with van der Waals surface area (Å²) in [7, 11) is 1.58. The number of hydrogen-bond donors (Lipinski definition) is 1. The molecule has 0 spiro atoms. The summed E-state index contributed by atoms with van der Waals surface area (Å²) < 4.78 is 12.9. The van der Waals surface area contributed by atoms with E-state index in [-0.39, 0.29) is 11.2 Å². The lowest BCUT2D eigenvalue weighted by molar-refractivity contribution is -0.115. The molecule has 3 aromatic rings. The number of amides is 1. The number of methoxy groups -OCH3 is 1. The second kappa shape index (κ2) is 8.10. The minimum absolute atomic E-state index is 0.116. The second-order valence-corrected chi connectivity index (χ2v) is 8.04. The second-order valence-electron chi connectivity index (χ2n) is 6.73. The van der Waals surface area contributed by atoms with E-state index in [9.17, 15) is 4.79 Å². The molecule has 1 aromatic carbocycles. The van der Waals surface area contributed by atoms with Crippen molar-refractivity contribution in [3.05, 3.63) is 54.2 Å². The highest BCUT2D eigenvalue weighted by Gasteiger charge is 2.31. The number of para-hydroxylation sites is 2. The van der Waals surface area contributed by atoms with Gasteiger partial charge >= 0.3 is 0 Å². The number of rotatable bonds is 8. The highest BCUT2D eigenvalue weighted by molar-refractivity contribution is 8.00. The van der Waals surface area contributed by atoms with Gasteiger partial charge in [0.25, 0.3) is 0 Å². The molecule has 0 radical (unpaired) electrons. The SMILES string of the molecule is COc1ccccc1NC(=O)C(C)Sc1nnc(C2CC2)n1Cc1ccco1. The van der Waals surface area contributed by atoms with E-state index >= 15 is 0 Å². The minimum atomic E-state index is -0.350. The number of nitrogens with zero attached hydrogens (tertiary/aromatic N) is 3. The van der Waals surface area contributed by atoms with Gasteiger partial charge in [-0.3, -0.25) is 9.36 Å². The van der Waals surface area contributed by atoms with Crippen molar-refractivity contribution in [3.63, 3.8) is 0 Å². The molecule has 2 aromatic heterocycles. The molecule has 4 rings (SSSR count). The fourth-order valence-electron chi connectivity index (χ4n) is 2.93. The average Bonchev–Trinajstić information content (AvgIpc) is 3.28. The smallest absolute Gasteiger partial charge is 0.237 e. The van der Waals surface area contributed by atoms with Crippen LogP contribution in [0.1, 0.15) is 37.3 Å². The lowest BCUT2D eigenvalue weighted by Gasteiger charge is -2.14. The molecule has 1 N–H and O–H groups in total. The number of benzene rings is 1. The van der Waals surface area contributed by atoms with Crippen LogP contribution in [-0.2, 0) is 11.3 Å². The molecule has 146 valence electrons. The van der Waals surface area contributed by atoms with E-state index < -0.39 is 0 Å². The molecule has 1 aliphatic rings. The van der Waals surface area contributed by atoms with Gasteiger partial charge in [-0.05, 0) is 44.0 Å². The zero-order valence-electron chi connectivity index (χ0n) is 15.8. The summed E-state index contributed by atoms with van der Waals surface area (Å²) in [6.07, 6.45) is 3.92. The molecule has 0 aliphatic heterocycles. The molecule has 28 heavy (non-hydrogen) atoms. The third kappa shape index (κ3) is 4.06. The quantitative estimate of drug-likeness (QED) is 0.579. The fraction of sp³-hybridized carbons (Fsp3) is 0.350. The highest BCUT2D eigenvalue weighted by atomic mass is 32.2. The van der Waals surface area contributed by atoms with E-state index in [2.05, 4.69) is 20.1 Å². The molecule has 1 unspecified atom stereocenters. The lowest BCUT2D eigenvalue weighted by atomic mass is 10.3. The van der Waals surface area contributed by atoms with Crippen LogP contribution in [0.4, 0.5) is 5.69 Å². The molecule has 0 saturated heterocycles. The molecular formula is C20H22N4O3S. The van der Waals surface area contributed by atoms with Gasteiger partial charge in [-0.1, -0.05) is 23.9 Å². The summed E-state index contributed by atoms with van der Waals surface area (Å²) in [5, 5.41) is 12.0. The fourth-order valence-corrected chi connectivity index (χ4v) is 3.79. The number of ether oxygens (including phenoxy) is 1. The van der Waals surface area contributed by atoms with Crippen molar-refractivity contribution in [2.24, 2.45) is 0 Å². The van der Waals surface area contributed by atoms with E-state index in [0.29, 0.717) is 23.9 Å². The summed E-state index contributed by atoms with van der Waals surface area (Å²) in [6.45, 7) is 2.42. The monoisotopic (exact) mass is 398 g/mol. The van der Waals surface area contributed by atoms with Gasteiger partial charge in [0.15, 0.2) is 5.16 Å². The Labute approximate surface area is 167 Å². The number of aromatic nitrogens is 3. The third-order valence-electron chi connectivity index (χ3n) is 4.60. The molecule has 2 heterocycles. The molecule has 1 amide bonds. The number of anilines is 1. The third-order valence-corrected chi connectivity index (χ3v) is 5.68. The Morgan fingerprint density at radius 1 is 1.32 bits per heavy atom. The van der Waals surface area contributed by atoms with Crippen molar-refractivity contribution >= 4 is 23.4 Å². The van der Waals surface area contributed by atoms with Gasteiger partial charge in [0.2, 0.25) is 5.91 Å². The number of carbonyl (C=O) groups excluding carboxylic acids is 1. The first kappa shape index (κ1) is 18.6. The van der Waals surface area contributed by atoms with Crippen molar-refractivity contribution < 1.29 is 13.9 Å². The van der Waals surface area contributed by atoms with Crippen molar-refractivity contribution in [2.75, 3.05) is 12.4 Å². The summed E-state index contributed by atoms with van der Waals surface area (Å²) in [4.78, 5) is 12.7. The van der Waals surface area contributed by atoms with Crippen LogP contribution in [-0.4, -0.2) is 33.0 Å². The van der Waals surface area contributed by atoms with Gasteiger partial charge in [-0.25, -0.2) is 0 Å². The van der Waals surface area contributed by atoms with E-state index in [1.54, 1.807) is 13.4 Å². The first-order valence-electron chi connectivity index (χ1n) is 9.21. The molecule has 1 fully saturated rings. The molecule has 0 bridgehead atoms. The van der Waals surface area contributed by atoms with Crippen LogP contribution in [0.5, 0.6) is 5.75 Å². The Morgan fingerprint density at radius 2 is 2.14 bits per heavy atom. The first-order chi connectivity index (χ1) is 13.7. The number of nitrogens with one attached hydrogen (secondary N) is 1. The number of hydrogen-bond acceptors (Lipinski definition) is 6. The lowest BCUT2D eigenvalue weighted by Crippen LogP contribution is -2.23. The van der Waals surface area contributed by atoms with Gasteiger partial charge < -0.3 is 14.5 Å². The molecule has 8 heteroatoms. The van der Waals surface area contributed by atoms with Crippen molar-refractivity contribution in [3.8, 4) is 5.75 Å². The molecule has 1 aliphatic carbocycles. The minimum Gasteiger partial charge on any atom is -0.495 e. The Morgan fingerprint density at radius 3 is 2.86 bits per heavy atom. The van der Waals surface area contributed by atoms with E-state index in [1.165, 1.54) is 11.8 Å². The van der Waals surface area contributed by atoms with Crippen molar-refractivity contribution in [2.45, 2.75) is 42.6 Å². The standard InChI is InChI=1S/C20H22N4O3S/c1-13(19(25)21-16-7-3-4-8-17(16)26-2)28-20-23-22-18(14-9-10-14)24(20)12-15-6-5-11-27-15/h3-8,11,13-14H,9-10,12H2,1-2H3,(H,21,25). The largest absolute Gasteiger partial charge is 0.495 e. The van der Waals surface area contributed by atoms with Crippen LogP contribution in [0.2, 0.25) is 0 Å². The number of furan rings is 1. The predicted octanol–water partition coefficient (Wildman–Crippen LogP) is 3.92. The highest BCUT2D eigenvalue weighted by Crippen LogP contribution is 2.40. The van der Waals surface area contributed by atoms with Gasteiger partial charge in [-0.2, -0.15) is 0 Å². The van der Waals surface area contributed by atoms with Gasteiger partial charge in [-0.15, -0.1) is 10.2 Å². The summed E-state index contributed by atoms with van der Waals surface area (Å²) in [5.41, 5.74) is 0.651. The van der Waals surface area contributed by atoms with Crippen LogP contribution in [0, 0.1) is 0 Å². The average molecular weight is 398 g/mol. The van der Waals surface area contributed by atoms with Crippen LogP contribution in [0.25, 0.3) is 0 Å². The molecule has 7 nitrogen and oxygen atoms in total. The van der Waals surface area contributed by atoms with Crippen LogP contribution in [0.15, 0.2) is 52.2 Å².